The Labute approximate surface area is 116 Å². The maximum atomic E-state index is 11.8. The van der Waals surface area contributed by atoms with E-state index in [1.165, 1.54) is 0 Å². The van der Waals surface area contributed by atoms with E-state index in [1.54, 1.807) is 6.07 Å². The highest BCUT2D eigenvalue weighted by molar-refractivity contribution is 14.1. The van der Waals surface area contributed by atoms with E-state index in [0.717, 1.165) is 16.5 Å². The lowest BCUT2D eigenvalue weighted by Crippen LogP contribution is -2.18. The summed E-state index contributed by atoms with van der Waals surface area (Å²) >= 11 is 2.11. The Balaban J connectivity index is 2.52. The van der Waals surface area contributed by atoms with Gasteiger partial charge >= 0.3 is 0 Å². The van der Waals surface area contributed by atoms with Crippen LogP contribution >= 0.6 is 22.6 Å². The van der Waals surface area contributed by atoms with E-state index < -0.39 is 10.0 Å². The Morgan fingerprint density at radius 2 is 1.94 bits per heavy atom. The highest BCUT2D eigenvalue weighted by Gasteiger charge is 2.11. The van der Waals surface area contributed by atoms with Crippen LogP contribution < -0.4 is 10.0 Å². The molecule has 0 amide bonds. The third-order valence-corrected chi connectivity index (χ3v) is 4.53. The highest BCUT2D eigenvalue weighted by atomic mass is 127. The molecule has 4 nitrogen and oxygen atoms in total. The van der Waals surface area contributed by atoms with Crippen LogP contribution in [0.25, 0.3) is 0 Å². The number of rotatable bonds is 7. The number of sulfonamides is 1. The summed E-state index contributed by atoms with van der Waals surface area (Å²) in [5.41, 5.74) is 0.654. The van der Waals surface area contributed by atoms with Gasteiger partial charge in [0.1, 0.15) is 0 Å². The van der Waals surface area contributed by atoms with Crippen molar-refractivity contribution in [2.24, 2.45) is 0 Å². The SMILES string of the molecule is CNCCCCS(=O)(=O)Nc1ccccc1I. The molecule has 0 saturated carbocycles. The molecule has 1 aromatic rings. The molecule has 17 heavy (non-hydrogen) atoms. The van der Waals surface area contributed by atoms with Crippen molar-refractivity contribution in [1.82, 2.24) is 5.32 Å². The summed E-state index contributed by atoms with van der Waals surface area (Å²) in [4.78, 5) is 0. The van der Waals surface area contributed by atoms with Crippen LogP contribution in [0.15, 0.2) is 24.3 Å². The van der Waals surface area contributed by atoms with Crippen molar-refractivity contribution in [2.45, 2.75) is 12.8 Å². The molecule has 6 heteroatoms. The molecule has 0 fully saturated rings. The zero-order chi connectivity index (χ0) is 12.7. The lowest BCUT2D eigenvalue weighted by atomic mass is 10.3. The second kappa shape index (κ2) is 7.17. The van der Waals surface area contributed by atoms with Crippen LogP contribution in [0, 0.1) is 3.57 Å². The summed E-state index contributed by atoms with van der Waals surface area (Å²) in [6.45, 7) is 0.846. The molecule has 2 N–H and O–H groups in total. The van der Waals surface area contributed by atoms with Crippen LogP contribution in [0.2, 0.25) is 0 Å². The van der Waals surface area contributed by atoms with Gasteiger partial charge in [0, 0.05) is 3.57 Å². The van der Waals surface area contributed by atoms with Gasteiger partial charge in [-0.3, -0.25) is 4.72 Å². The first-order chi connectivity index (χ1) is 8.05. The minimum Gasteiger partial charge on any atom is -0.320 e. The van der Waals surface area contributed by atoms with E-state index in [4.69, 9.17) is 0 Å². The Hall–Kier alpha value is -0.340. The van der Waals surface area contributed by atoms with E-state index >= 15 is 0 Å². The van der Waals surface area contributed by atoms with Crippen LogP contribution in [0.4, 0.5) is 5.69 Å². The minimum atomic E-state index is -3.22. The molecule has 0 aliphatic rings. The van der Waals surface area contributed by atoms with E-state index in [-0.39, 0.29) is 5.75 Å². The predicted octanol–water partition coefficient (Wildman–Crippen LogP) is 2.03. The molecule has 96 valence electrons. The fourth-order valence-electron chi connectivity index (χ4n) is 1.36. The van der Waals surface area contributed by atoms with Gasteiger partial charge in [-0.25, -0.2) is 8.42 Å². The maximum Gasteiger partial charge on any atom is 0.232 e. The molecule has 0 aliphatic heterocycles. The van der Waals surface area contributed by atoms with Crippen LogP contribution in [0.3, 0.4) is 0 Å². The van der Waals surface area contributed by atoms with Crippen molar-refractivity contribution in [1.29, 1.82) is 0 Å². The van der Waals surface area contributed by atoms with Gasteiger partial charge in [-0.15, -0.1) is 0 Å². The second-order valence-electron chi connectivity index (χ2n) is 3.71. The summed E-state index contributed by atoms with van der Waals surface area (Å²) in [6.07, 6.45) is 1.53. The number of anilines is 1. The van der Waals surface area contributed by atoms with Gasteiger partial charge in [-0.05, 0) is 61.2 Å². The maximum absolute atomic E-state index is 11.8. The second-order valence-corrected chi connectivity index (χ2v) is 6.72. The van der Waals surface area contributed by atoms with E-state index in [0.29, 0.717) is 12.1 Å². The van der Waals surface area contributed by atoms with Crippen molar-refractivity contribution in [3.63, 3.8) is 0 Å². The minimum absolute atomic E-state index is 0.166. The van der Waals surface area contributed by atoms with Crippen molar-refractivity contribution in [3.05, 3.63) is 27.8 Å². The average molecular weight is 368 g/mol. The number of hydrogen-bond acceptors (Lipinski definition) is 3. The van der Waals surface area contributed by atoms with E-state index in [2.05, 4.69) is 32.6 Å². The topological polar surface area (TPSA) is 58.2 Å². The number of para-hydroxylation sites is 1. The zero-order valence-corrected chi connectivity index (χ0v) is 12.7. The highest BCUT2D eigenvalue weighted by Crippen LogP contribution is 2.18. The van der Waals surface area contributed by atoms with Crippen molar-refractivity contribution in [3.8, 4) is 0 Å². The lowest BCUT2D eigenvalue weighted by molar-refractivity contribution is 0.595. The fourth-order valence-corrected chi connectivity index (χ4v) is 3.26. The molecule has 0 aromatic heterocycles. The summed E-state index contributed by atoms with van der Waals surface area (Å²) in [7, 11) is -1.36. The first-order valence-corrected chi connectivity index (χ1v) is 8.18. The van der Waals surface area contributed by atoms with Gasteiger partial charge in [0.2, 0.25) is 10.0 Å². The van der Waals surface area contributed by atoms with Crippen LogP contribution in [0.5, 0.6) is 0 Å². The van der Waals surface area contributed by atoms with E-state index in [9.17, 15) is 8.42 Å². The number of nitrogens with one attached hydrogen (secondary N) is 2. The predicted molar refractivity (Wildman–Crippen MR) is 79.7 cm³/mol. The standard InChI is InChI=1S/C11H17IN2O2S/c1-13-8-4-5-9-17(15,16)14-11-7-3-2-6-10(11)12/h2-3,6-7,13-14H,4-5,8-9H2,1H3. The summed E-state index contributed by atoms with van der Waals surface area (Å²) in [6, 6.07) is 7.35. The largest absolute Gasteiger partial charge is 0.320 e. The summed E-state index contributed by atoms with van der Waals surface area (Å²) in [5, 5.41) is 3.00. The Bertz CT molecular complexity index is 449. The Kier molecular flexibility index (Phi) is 6.21. The first kappa shape index (κ1) is 14.7. The Morgan fingerprint density at radius 1 is 1.24 bits per heavy atom. The molecule has 0 heterocycles. The molecule has 1 rings (SSSR count). The van der Waals surface area contributed by atoms with Crippen molar-refractivity contribution >= 4 is 38.3 Å². The number of unbranched alkanes of at least 4 members (excludes halogenated alkanes) is 1. The molecule has 0 atom stereocenters. The monoisotopic (exact) mass is 368 g/mol. The quantitative estimate of drug-likeness (QED) is 0.572. The molecule has 0 spiro atoms. The molecule has 0 saturated heterocycles. The normalized spacial score (nSPS) is 11.4. The Morgan fingerprint density at radius 3 is 2.59 bits per heavy atom. The van der Waals surface area contributed by atoms with Crippen LogP contribution in [-0.4, -0.2) is 27.8 Å². The molecule has 0 radical (unpaired) electrons. The molecular weight excluding hydrogens is 351 g/mol. The number of halogens is 1. The third-order valence-electron chi connectivity index (χ3n) is 2.23. The van der Waals surface area contributed by atoms with Gasteiger partial charge in [-0.2, -0.15) is 0 Å². The molecule has 1 aromatic carbocycles. The number of hydrogen-bond donors (Lipinski definition) is 2. The average Bonchev–Trinajstić information content (AvgIpc) is 2.28. The van der Waals surface area contributed by atoms with Crippen molar-refractivity contribution < 1.29 is 8.42 Å². The molecule has 0 aliphatic carbocycles. The molecule has 0 bridgehead atoms. The van der Waals surface area contributed by atoms with Crippen molar-refractivity contribution in [2.75, 3.05) is 24.1 Å². The van der Waals surface area contributed by atoms with Gasteiger partial charge in [0.15, 0.2) is 0 Å². The third kappa shape index (κ3) is 5.69. The van der Waals surface area contributed by atoms with Crippen LogP contribution in [-0.2, 0) is 10.0 Å². The number of benzene rings is 1. The molecule has 0 unspecified atom stereocenters. The summed E-state index contributed by atoms with van der Waals surface area (Å²) < 4.78 is 27.1. The lowest BCUT2D eigenvalue weighted by Gasteiger charge is -2.09. The van der Waals surface area contributed by atoms with Gasteiger partial charge in [0.05, 0.1) is 11.4 Å². The van der Waals surface area contributed by atoms with E-state index in [1.807, 2.05) is 25.2 Å². The van der Waals surface area contributed by atoms with Crippen LogP contribution in [0.1, 0.15) is 12.8 Å². The van der Waals surface area contributed by atoms with Gasteiger partial charge in [0.25, 0.3) is 0 Å². The zero-order valence-electron chi connectivity index (χ0n) is 9.74. The molecular formula is C11H17IN2O2S. The summed E-state index contributed by atoms with van der Waals surface area (Å²) in [5.74, 6) is 0.166. The van der Waals surface area contributed by atoms with Gasteiger partial charge in [-0.1, -0.05) is 12.1 Å². The smallest absolute Gasteiger partial charge is 0.232 e. The first-order valence-electron chi connectivity index (χ1n) is 5.45. The fraction of sp³-hybridized carbons (Fsp3) is 0.455. The van der Waals surface area contributed by atoms with Gasteiger partial charge < -0.3 is 5.32 Å².